The van der Waals surface area contributed by atoms with Gasteiger partial charge < -0.3 is 10.1 Å². The molecule has 0 unspecified atom stereocenters. The molecule has 0 saturated carbocycles. The molecule has 2 aromatic carbocycles. The van der Waals surface area contributed by atoms with Crippen molar-refractivity contribution in [3.63, 3.8) is 0 Å². The number of aromatic nitrogens is 2. The number of aryl methyl sites for hydroxylation is 1. The number of amides is 1. The first-order chi connectivity index (χ1) is 12.0. The summed E-state index contributed by atoms with van der Waals surface area (Å²) in [6.45, 7) is 0. The molecule has 0 atom stereocenters. The Hall–Kier alpha value is -3.12. The van der Waals surface area contributed by atoms with Crippen LogP contribution in [0.15, 0.2) is 60.9 Å². The third-order valence-corrected chi connectivity index (χ3v) is 3.71. The van der Waals surface area contributed by atoms with Gasteiger partial charge in [-0.15, -0.1) is 0 Å². The molecular weight excluding hydrogens is 342 g/mol. The molecule has 0 radical (unpaired) electrons. The van der Waals surface area contributed by atoms with Gasteiger partial charge in [0, 0.05) is 18.9 Å². The summed E-state index contributed by atoms with van der Waals surface area (Å²) in [7, 11) is 1.72. The second-order valence-electron chi connectivity index (χ2n) is 5.25. The van der Waals surface area contributed by atoms with E-state index in [4.69, 9.17) is 16.3 Å². The van der Waals surface area contributed by atoms with Gasteiger partial charge in [-0.1, -0.05) is 23.7 Å². The van der Waals surface area contributed by atoms with Crippen LogP contribution in [0.2, 0.25) is 5.02 Å². The Bertz CT molecular complexity index is 919. The van der Waals surface area contributed by atoms with E-state index < -0.39 is 5.97 Å². The lowest BCUT2D eigenvalue weighted by Gasteiger charge is -2.08. The standard InChI is InChI=1S/C18H14ClN3O3/c1-22-11-12(10-20-22)18(24)25-14-8-6-13(7-9-14)21-17(23)15-4-2-3-5-16(15)19/h2-11H,1H3,(H,21,23). The molecular formula is C18H14ClN3O3. The van der Waals surface area contributed by atoms with Crippen molar-refractivity contribution in [2.24, 2.45) is 7.05 Å². The average molecular weight is 356 g/mol. The van der Waals surface area contributed by atoms with Gasteiger partial charge in [0.25, 0.3) is 5.91 Å². The number of esters is 1. The third-order valence-electron chi connectivity index (χ3n) is 3.38. The highest BCUT2D eigenvalue weighted by Gasteiger charge is 2.12. The number of hydrogen-bond donors (Lipinski definition) is 1. The second kappa shape index (κ2) is 7.19. The minimum atomic E-state index is -0.499. The number of ether oxygens (including phenoxy) is 1. The number of hydrogen-bond acceptors (Lipinski definition) is 4. The van der Waals surface area contributed by atoms with E-state index in [2.05, 4.69) is 10.4 Å². The van der Waals surface area contributed by atoms with Crippen molar-refractivity contribution in [2.45, 2.75) is 0 Å². The second-order valence-corrected chi connectivity index (χ2v) is 5.66. The number of carbonyl (C=O) groups is 2. The molecule has 1 N–H and O–H groups in total. The molecule has 0 aliphatic heterocycles. The lowest BCUT2D eigenvalue weighted by atomic mass is 10.2. The fourth-order valence-electron chi connectivity index (χ4n) is 2.14. The summed E-state index contributed by atoms with van der Waals surface area (Å²) in [6, 6.07) is 13.2. The molecule has 0 aliphatic rings. The number of anilines is 1. The molecule has 1 aromatic heterocycles. The summed E-state index contributed by atoms with van der Waals surface area (Å²) >= 11 is 6.00. The highest BCUT2D eigenvalue weighted by Crippen LogP contribution is 2.20. The maximum absolute atomic E-state index is 12.2. The molecule has 0 fully saturated rings. The molecule has 1 heterocycles. The highest BCUT2D eigenvalue weighted by atomic mass is 35.5. The summed E-state index contributed by atoms with van der Waals surface area (Å²) in [4.78, 5) is 24.1. The van der Waals surface area contributed by atoms with E-state index >= 15 is 0 Å². The monoisotopic (exact) mass is 355 g/mol. The summed E-state index contributed by atoms with van der Waals surface area (Å²) in [5, 5.41) is 7.03. The molecule has 1 amide bonds. The van der Waals surface area contributed by atoms with Crippen LogP contribution in [0.25, 0.3) is 0 Å². The molecule has 0 spiro atoms. The molecule has 6 nitrogen and oxygen atoms in total. The van der Waals surface area contributed by atoms with Crippen LogP contribution < -0.4 is 10.1 Å². The number of benzene rings is 2. The number of rotatable bonds is 4. The van der Waals surface area contributed by atoms with E-state index in [1.54, 1.807) is 61.8 Å². The van der Waals surface area contributed by atoms with Crippen LogP contribution in [0.3, 0.4) is 0 Å². The van der Waals surface area contributed by atoms with E-state index in [0.29, 0.717) is 27.6 Å². The van der Waals surface area contributed by atoms with Gasteiger partial charge in [-0.2, -0.15) is 5.10 Å². The Morgan fingerprint density at radius 2 is 1.84 bits per heavy atom. The fraction of sp³-hybridized carbons (Fsp3) is 0.0556. The molecule has 0 aliphatic carbocycles. The quantitative estimate of drug-likeness (QED) is 0.574. The van der Waals surface area contributed by atoms with Gasteiger partial charge in [-0.25, -0.2) is 4.79 Å². The molecule has 0 bridgehead atoms. The zero-order valence-electron chi connectivity index (χ0n) is 13.3. The van der Waals surface area contributed by atoms with Crippen LogP contribution in [0, 0.1) is 0 Å². The Morgan fingerprint density at radius 1 is 1.12 bits per heavy atom. The van der Waals surface area contributed by atoms with Crippen LogP contribution in [-0.4, -0.2) is 21.7 Å². The van der Waals surface area contributed by atoms with Crippen molar-refractivity contribution in [2.75, 3.05) is 5.32 Å². The lowest BCUT2D eigenvalue weighted by Crippen LogP contribution is -2.12. The van der Waals surface area contributed by atoms with Crippen LogP contribution in [-0.2, 0) is 7.05 Å². The number of nitrogens with one attached hydrogen (secondary N) is 1. The van der Waals surface area contributed by atoms with Crippen molar-refractivity contribution in [1.82, 2.24) is 9.78 Å². The number of nitrogens with zero attached hydrogens (tertiary/aromatic N) is 2. The lowest BCUT2D eigenvalue weighted by molar-refractivity contribution is 0.0734. The van der Waals surface area contributed by atoms with E-state index in [-0.39, 0.29) is 5.91 Å². The Morgan fingerprint density at radius 3 is 2.48 bits per heavy atom. The first-order valence-corrected chi connectivity index (χ1v) is 7.77. The van der Waals surface area contributed by atoms with Gasteiger partial charge in [-0.05, 0) is 36.4 Å². The van der Waals surface area contributed by atoms with Gasteiger partial charge in [0.2, 0.25) is 0 Å². The van der Waals surface area contributed by atoms with Crippen LogP contribution >= 0.6 is 11.6 Å². The summed E-state index contributed by atoms with van der Waals surface area (Å²) < 4.78 is 6.77. The van der Waals surface area contributed by atoms with Crippen LogP contribution in [0.5, 0.6) is 5.75 Å². The molecule has 3 rings (SSSR count). The maximum atomic E-state index is 12.2. The van der Waals surface area contributed by atoms with E-state index in [9.17, 15) is 9.59 Å². The first-order valence-electron chi connectivity index (χ1n) is 7.40. The predicted octanol–water partition coefficient (Wildman–Crippen LogP) is 3.55. The minimum Gasteiger partial charge on any atom is -0.423 e. The van der Waals surface area contributed by atoms with Crippen molar-refractivity contribution in [3.05, 3.63) is 77.1 Å². The Kier molecular flexibility index (Phi) is 4.81. The third kappa shape index (κ3) is 4.05. The zero-order chi connectivity index (χ0) is 17.8. The van der Waals surface area contributed by atoms with Crippen molar-refractivity contribution in [3.8, 4) is 5.75 Å². The van der Waals surface area contributed by atoms with Crippen LogP contribution in [0.4, 0.5) is 5.69 Å². The molecule has 3 aromatic rings. The first kappa shape index (κ1) is 16.7. The van der Waals surface area contributed by atoms with Gasteiger partial charge in [0.1, 0.15) is 5.75 Å². The van der Waals surface area contributed by atoms with Crippen molar-refractivity contribution in [1.29, 1.82) is 0 Å². The fourth-order valence-corrected chi connectivity index (χ4v) is 2.36. The van der Waals surface area contributed by atoms with E-state index in [0.717, 1.165) is 0 Å². The molecule has 126 valence electrons. The van der Waals surface area contributed by atoms with Crippen molar-refractivity contribution < 1.29 is 14.3 Å². The molecule has 0 saturated heterocycles. The van der Waals surface area contributed by atoms with Gasteiger partial charge in [0.05, 0.1) is 22.3 Å². The Balaban J connectivity index is 1.65. The highest BCUT2D eigenvalue weighted by molar-refractivity contribution is 6.34. The molecule has 25 heavy (non-hydrogen) atoms. The summed E-state index contributed by atoms with van der Waals surface area (Å²) in [5.74, 6) is -0.448. The van der Waals surface area contributed by atoms with Gasteiger partial charge in [0.15, 0.2) is 0 Å². The smallest absolute Gasteiger partial charge is 0.346 e. The topological polar surface area (TPSA) is 73.2 Å². The summed E-state index contributed by atoms with van der Waals surface area (Å²) in [5.41, 5.74) is 1.31. The van der Waals surface area contributed by atoms with E-state index in [1.807, 2.05) is 0 Å². The average Bonchev–Trinajstić information content (AvgIpc) is 3.03. The van der Waals surface area contributed by atoms with Gasteiger partial charge in [-0.3, -0.25) is 9.48 Å². The normalized spacial score (nSPS) is 10.3. The zero-order valence-corrected chi connectivity index (χ0v) is 14.0. The SMILES string of the molecule is Cn1cc(C(=O)Oc2ccc(NC(=O)c3ccccc3Cl)cc2)cn1. The number of carbonyl (C=O) groups excluding carboxylic acids is 2. The van der Waals surface area contributed by atoms with Crippen LogP contribution in [0.1, 0.15) is 20.7 Å². The number of halogens is 1. The minimum absolute atomic E-state index is 0.314. The largest absolute Gasteiger partial charge is 0.423 e. The summed E-state index contributed by atoms with van der Waals surface area (Å²) in [6.07, 6.45) is 3.00. The molecule has 7 heteroatoms. The van der Waals surface area contributed by atoms with E-state index in [1.165, 1.54) is 10.9 Å². The van der Waals surface area contributed by atoms with Gasteiger partial charge >= 0.3 is 5.97 Å². The predicted molar refractivity (Wildman–Crippen MR) is 94.0 cm³/mol. The maximum Gasteiger partial charge on any atom is 0.346 e. The Labute approximate surface area is 149 Å². The van der Waals surface area contributed by atoms with Crippen molar-refractivity contribution >= 4 is 29.2 Å².